The average Bonchev–Trinajstić information content (AvgIpc) is 2.40. The van der Waals surface area contributed by atoms with Crippen LogP contribution in [0, 0.1) is 11.6 Å². The van der Waals surface area contributed by atoms with E-state index in [4.69, 9.17) is 0 Å². The molecule has 0 atom stereocenters. The molecule has 0 heterocycles. The maximum absolute atomic E-state index is 13.8. The number of anilines is 1. The third-order valence-electron chi connectivity index (χ3n) is 2.67. The van der Waals surface area contributed by atoms with Gasteiger partial charge in [0.15, 0.2) is 5.82 Å². The number of alkyl halides is 3. The molecule has 2 aromatic rings. The molecule has 0 radical (unpaired) electrons. The summed E-state index contributed by atoms with van der Waals surface area (Å²) in [5.41, 5.74) is -2.54. The fourth-order valence-corrected chi connectivity index (χ4v) is 2.83. The molecule has 0 saturated heterocycles. The van der Waals surface area contributed by atoms with Gasteiger partial charge in [0.1, 0.15) is 10.7 Å². The van der Waals surface area contributed by atoms with Crippen molar-refractivity contribution >= 4 is 15.7 Å². The van der Waals surface area contributed by atoms with Gasteiger partial charge in [-0.05, 0) is 24.3 Å². The van der Waals surface area contributed by atoms with E-state index in [2.05, 4.69) is 0 Å². The fourth-order valence-electron chi connectivity index (χ4n) is 1.69. The Morgan fingerprint density at radius 2 is 1.55 bits per heavy atom. The molecule has 0 bridgehead atoms. The molecule has 22 heavy (non-hydrogen) atoms. The second-order valence-electron chi connectivity index (χ2n) is 4.20. The van der Waals surface area contributed by atoms with Crippen molar-refractivity contribution in [3.05, 3.63) is 59.7 Å². The zero-order valence-corrected chi connectivity index (χ0v) is 11.5. The molecule has 0 aromatic heterocycles. The number of nitrogens with one attached hydrogen (secondary N) is 1. The van der Waals surface area contributed by atoms with Crippen LogP contribution in [0.3, 0.4) is 0 Å². The van der Waals surface area contributed by atoms with Gasteiger partial charge in [-0.15, -0.1) is 0 Å². The number of benzene rings is 2. The Hall–Kier alpha value is -2.16. The number of hydrogen-bond donors (Lipinski definition) is 1. The maximum Gasteiger partial charge on any atom is 0.419 e. The van der Waals surface area contributed by atoms with E-state index >= 15 is 0 Å². The van der Waals surface area contributed by atoms with E-state index in [9.17, 15) is 30.4 Å². The maximum atomic E-state index is 13.8. The van der Waals surface area contributed by atoms with Gasteiger partial charge in [0.25, 0.3) is 10.0 Å². The van der Waals surface area contributed by atoms with Gasteiger partial charge in [-0.25, -0.2) is 17.2 Å². The van der Waals surface area contributed by atoms with E-state index in [0.717, 1.165) is 24.3 Å². The molecule has 0 spiro atoms. The first-order chi connectivity index (χ1) is 10.1. The second kappa shape index (κ2) is 5.56. The van der Waals surface area contributed by atoms with Crippen LogP contribution in [0.4, 0.5) is 27.6 Å². The Morgan fingerprint density at radius 3 is 2.14 bits per heavy atom. The molecule has 3 nitrogen and oxygen atoms in total. The van der Waals surface area contributed by atoms with Crippen LogP contribution in [-0.2, 0) is 16.2 Å². The summed E-state index contributed by atoms with van der Waals surface area (Å²) in [6, 6.07) is 6.34. The summed E-state index contributed by atoms with van der Waals surface area (Å²) in [6.45, 7) is 0. The van der Waals surface area contributed by atoms with Crippen molar-refractivity contribution in [1.82, 2.24) is 0 Å². The zero-order chi connectivity index (χ0) is 16.5. The van der Waals surface area contributed by atoms with E-state index < -0.39 is 44.0 Å². The van der Waals surface area contributed by atoms with E-state index in [1.54, 1.807) is 4.72 Å². The van der Waals surface area contributed by atoms with Crippen molar-refractivity contribution in [3.8, 4) is 0 Å². The van der Waals surface area contributed by atoms with Crippen LogP contribution < -0.4 is 4.72 Å². The second-order valence-corrected chi connectivity index (χ2v) is 5.85. The third kappa shape index (κ3) is 3.19. The first-order valence-electron chi connectivity index (χ1n) is 5.76. The van der Waals surface area contributed by atoms with Crippen LogP contribution >= 0.6 is 0 Å². The van der Waals surface area contributed by atoms with Crippen LogP contribution in [0.2, 0.25) is 0 Å². The molecule has 0 aliphatic carbocycles. The van der Waals surface area contributed by atoms with E-state index in [-0.39, 0.29) is 0 Å². The SMILES string of the molecule is O=S(=O)(Nc1cccc(C(F)(F)F)c1F)c1ccccc1F. The monoisotopic (exact) mass is 337 g/mol. The van der Waals surface area contributed by atoms with Crippen molar-refractivity contribution in [1.29, 1.82) is 0 Å². The third-order valence-corrected chi connectivity index (χ3v) is 4.07. The number of hydrogen-bond acceptors (Lipinski definition) is 2. The Morgan fingerprint density at radius 1 is 0.909 bits per heavy atom. The normalized spacial score (nSPS) is 12.2. The highest BCUT2D eigenvalue weighted by molar-refractivity contribution is 7.92. The van der Waals surface area contributed by atoms with Crippen molar-refractivity contribution in [3.63, 3.8) is 0 Å². The Bertz CT molecular complexity index is 802. The summed E-state index contributed by atoms with van der Waals surface area (Å²) in [7, 11) is -4.56. The van der Waals surface area contributed by atoms with Crippen molar-refractivity contribution in [2.75, 3.05) is 4.72 Å². The molecule has 0 aliphatic heterocycles. The molecule has 0 amide bonds. The molecule has 118 valence electrons. The molecule has 2 aromatic carbocycles. The minimum absolute atomic E-state index is 0.468. The number of rotatable bonds is 3. The summed E-state index contributed by atoms with van der Waals surface area (Å²) in [5, 5.41) is 0. The Labute approximate surface area is 122 Å². The number of sulfonamides is 1. The van der Waals surface area contributed by atoms with Crippen molar-refractivity contribution in [2.45, 2.75) is 11.1 Å². The summed E-state index contributed by atoms with van der Waals surface area (Å²) < 4.78 is 90.4. The minimum Gasteiger partial charge on any atom is -0.277 e. The van der Waals surface area contributed by atoms with Crippen LogP contribution in [0.5, 0.6) is 0 Å². The van der Waals surface area contributed by atoms with Crippen molar-refractivity contribution < 1.29 is 30.4 Å². The zero-order valence-electron chi connectivity index (χ0n) is 10.7. The topological polar surface area (TPSA) is 46.2 Å². The number of halogens is 5. The first-order valence-corrected chi connectivity index (χ1v) is 7.24. The highest BCUT2D eigenvalue weighted by Crippen LogP contribution is 2.34. The average molecular weight is 337 g/mol. The van der Waals surface area contributed by atoms with Gasteiger partial charge in [-0.3, -0.25) is 4.72 Å². The van der Waals surface area contributed by atoms with Gasteiger partial charge < -0.3 is 0 Å². The van der Waals surface area contributed by atoms with Gasteiger partial charge in [-0.1, -0.05) is 18.2 Å². The smallest absolute Gasteiger partial charge is 0.277 e. The molecular weight excluding hydrogens is 329 g/mol. The highest BCUT2D eigenvalue weighted by atomic mass is 32.2. The summed E-state index contributed by atoms with van der Waals surface area (Å²) >= 11 is 0. The van der Waals surface area contributed by atoms with Gasteiger partial charge in [0, 0.05) is 0 Å². The van der Waals surface area contributed by atoms with Gasteiger partial charge in [-0.2, -0.15) is 13.2 Å². The Kier molecular flexibility index (Phi) is 4.10. The molecule has 2 rings (SSSR count). The fraction of sp³-hybridized carbons (Fsp3) is 0.0769. The van der Waals surface area contributed by atoms with Gasteiger partial charge in [0.2, 0.25) is 0 Å². The quantitative estimate of drug-likeness (QED) is 0.867. The van der Waals surface area contributed by atoms with E-state index in [0.29, 0.717) is 6.07 Å². The van der Waals surface area contributed by atoms with Gasteiger partial charge in [0.05, 0.1) is 11.3 Å². The van der Waals surface area contributed by atoms with Crippen LogP contribution in [-0.4, -0.2) is 8.42 Å². The molecule has 0 unspecified atom stereocenters. The standard InChI is InChI=1S/C13H8F5NO2S/c14-9-5-1-2-7-11(9)22(20,21)19-10-6-3-4-8(12(10)15)13(16,17)18/h1-7,19H. The molecule has 1 N–H and O–H groups in total. The van der Waals surface area contributed by atoms with Crippen LogP contribution in [0.25, 0.3) is 0 Å². The van der Waals surface area contributed by atoms with Crippen molar-refractivity contribution in [2.24, 2.45) is 0 Å². The molecule has 9 heteroatoms. The summed E-state index contributed by atoms with van der Waals surface area (Å²) in [4.78, 5) is -0.799. The lowest BCUT2D eigenvalue weighted by molar-refractivity contribution is -0.139. The molecule has 0 fully saturated rings. The Balaban J connectivity index is 2.46. The highest BCUT2D eigenvalue weighted by Gasteiger charge is 2.35. The molecule has 0 saturated carbocycles. The van der Waals surface area contributed by atoms with Crippen LogP contribution in [0.15, 0.2) is 47.4 Å². The van der Waals surface area contributed by atoms with Crippen LogP contribution in [0.1, 0.15) is 5.56 Å². The summed E-state index contributed by atoms with van der Waals surface area (Å²) in [5.74, 6) is -2.89. The largest absolute Gasteiger partial charge is 0.419 e. The minimum atomic E-state index is -4.98. The van der Waals surface area contributed by atoms with E-state index in [1.807, 2.05) is 0 Å². The van der Waals surface area contributed by atoms with Gasteiger partial charge >= 0.3 is 6.18 Å². The predicted molar refractivity (Wildman–Crippen MR) is 68.6 cm³/mol. The lowest BCUT2D eigenvalue weighted by Gasteiger charge is -2.13. The first kappa shape index (κ1) is 16.2. The molecule has 0 aliphatic rings. The predicted octanol–water partition coefficient (Wildman–Crippen LogP) is 3.78. The molecular formula is C13H8F5NO2S. The lowest BCUT2D eigenvalue weighted by atomic mass is 10.2. The van der Waals surface area contributed by atoms with E-state index in [1.165, 1.54) is 12.1 Å². The summed E-state index contributed by atoms with van der Waals surface area (Å²) in [6.07, 6.45) is -4.98. The lowest BCUT2D eigenvalue weighted by Crippen LogP contribution is -2.17.